The first kappa shape index (κ1) is 23.5. The van der Waals surface area contributed by atoms with E-state index in [1.54, 1.807) is 0 Å². The molecular formula is C23H21FN4O5S. The molecule has 0 atom stereocenters. The van der Waals surface area contributed by atoms with Gasteiger partial charge in [-0.1, -0.05) is 12.1 Å². The minimum absolute atomic E-state index is 0.0139. The Bertz CT molecular complexity index is 1390. The fourth-order valence-corrected chi connectivity index (χ4v) is 5.02. The van der Waals surface area contributed by atoms with E-state index < -0.39 is 27.3 Å². The van der Waals surface area contributed by atoms with Crippen molar-refractivity contribution < 1.29 is 22.4 Å². The van der Waals surface area contributed by atoms with Crippen LogP contribution in [0.15, 0.2) is 70.4 Å². The summed E-state index contributed by atoms with van der Waals surface area (Å²) in [5.41, 5.74) is 0.270. The van der Waals surface area contributed by atoms with E-state index in [1.807, 2.05) is 0 Å². The first-order valence-electron chi connectivity index (χ1n) is 10.4. The molecule has 4 rings (SSSR count). The number of nitrogens with zero attached hydrogens (tertiary/aromatic N) is 4. The molecule has 1 amide bonds. The van der Waals surface area contributed by atoms with Gasteiger partial charge in [-0.3, -0.25) is 14.4 Å². The molecule has 0 aliphatic carbocycles. The van der Waals surface area contributed by atoms with Gasteiger partial charge in [0.25, 0.3) is 11.5 Å². The third-order valence-electron chi connectivity index (χ3n) is 5.52. The van der Waals surface area contributed by atoms with Crippen LogP contribution in [0, 0.1) is 5.82 Å². The molecule has 1 aromatic heterocycles. The number of Topliss-reactive ketones (excluding diaryl/α,β-unsaturated/α-hetero) is 1. The highest BCUT2D eigenvalue weighted by Gasteiger charge is 2.31. The number of hydrogen-bond acceptors (Lipinski definition) is 6. The van der Waals surface area contributed by atoms with Gasteiger partial charge in [0.15, 0.2) is 5.78 Å². The average Bonchev–Trinajstić information content (AvgIpc) is 2.84. The van der Waals surface area contributed by atoms with E-state index in [9.17, 15) is 27.2 Å². The minimum atomic E-state index is -3.78. The van der Waals surface area contributed by atoms with Crippen molar-refractivity contribution in [3.8, 4) is 5.69 Å². The van der Waals surface area contributed by atoms with Crippen molar-refractivity contribution in [1.29, 1.82) is 0 Å². The van der Waals surface area contributed by atoms with E-state index in [-0.39, 0.29) is 42.6 Å². The SMILES string of the molecule is CC(=O)c1ccc(S(=O)(=O)N2CCN(C(=O)c3ccc(=O)n(-c4ccc(F)cc4)n3)CC2)cc1. The first-order chi connectivity index (χ1) is 16.2. The van der Waals surface area contributed by atoms with E-state index >= 15 is 0 Å². The Labute approximate surface area is 195 Å². The minimum Gasteiger partial charge on any atom is -0.335 e. The lowest BCUT2D eigenvalue weighted by Gasteiger charge is -2.33. The Morgan fingerprint density at radius 3 is 2.09 bits per heavy atom. The van der Waals surface area contributed by atoms with Crippen LogP contribution in [-0.4, -0.2) is 65.3 Å². The maximum atomic E-state index is 13.2. The number of ketones is 1. The van der Waals surface area contributed by atoms with Crippen molar-refractivity contribution >= 4 is 21.7 Å². The number of carbonyl (C=O) groups is 2. The monoisotopic (exact) mass is 484 g/mol. The molecule has 1 saturated heterocycles. The van der Waals surface area contributed by atoms with Crippen LogP contribution >= 0.6 is 0 Å². The zero-order chi connectivity index (χ0) is 24.5. The maximum absolute atomic E-state index is 13.2. The van der Waals surface area contributed by atoms with Gasteiger partial charge >= 0.3 is 0 Å². The van der Waals surface area contributed by atoms with Crippen LogP contribution in [0.2, 0.25) is 0 Å². The van der Waals surface area contributed by atoms with Crippen LogP contribution in [0.4, 0.5) is 4.39 Å². The summed E-state index contributed by atoms with van der Waals surface area (Å²) < 4.78 is 41.4. The maximum Gasteiger partial charge on any atom is 0.274 e. The van der Waals surface area contributed by atoms with Gasteiger partial charge in [0.2, 0.25) is 10.0 Å². The number of aromatic nitrogens is 2. The number of halogens is 1. The summed E-state index contributed by atoms with van der Waals surface area (Å²) in [5, 5.41) is 4.12. The second kappa shape index (κ2) is 9.27. The molecule has 2 heterocycles. The summed E-state index contributed by atoms with van der Waals surface area (Å²) in [4.78, 5) is 38.1. The number of sulfonamides is 1. The fraction of sp³-hybridized carbons (Fsp3) is 0.217. The molecule has 34 heavy (non-hydrogen) atoms. The number of benzene rings is 2. The quantitative estimate of drug-likeness (QED) is 0.510. The second-order valence-electron chi connectivity index (χ2n) is 7.72. The predicted octanol–water partition coefficient (Wildman–Crippen LogP) is 1.72. The van der Waals surface area contributed by atoms with Gasteiger partial charge < -0.3 is 4.90 Å². The summed E-state index contributed by atoms with van der Waals surface area (Å²) >= 11 is 0. The molecule has 176 valence electrons. The van der Waals surface area contributed by atoms with Gasteiger partial charge in [0.05, 0.1) is 10.6 Å². The highest BCUT2D eigenvalue weighted by atomic mass is 32.2. The van der Waals surface area contributed by atoms with Crippen LogP contribution in [0.25, 0.3) is 5.69 Å². The van der Waals surface area contributed by atoms with Crippen LogP contribution in [0.3, 0.4) is 0 Å². The van der Waals surface area contributed by atoms with Crippen molar-refractivity contribution in [3.63, 3.8) is 0 Å². The number of amides is 1. The highest BCUT2D eigenvalue weighted by Crippen LogP contribution is 2.19. The van der Waals surface area contributed by atoms with Crippen LogP contribution in [0.5, 0.6) is 0 Å². The Balaban J connectivity index is 1.47. The van der Waals surface area contributed by atoms with Crippen molar-refractivity contribution in [1.82, 2.24) is 19.0 Å². The Morgan fingerprint density at radius 1 is 0.882 bits per heavy atom. The van der Waals surface area contributed by atoms with Crippen molar-refractivity contribution in [2.75, 3.05) is 26.2 Å². The lowest BCUT2D eigenvalue weighted by atomic mass is 10.2. The third kappa shape index (κ3) is 4.66. The molecule has 0 N–H and O–H groups in total. The Morgan fingerprint density at radius 2 is 1.50 bits per heavy atom. The van der Waals surface area contributed by atoms with Crippen LogP contribution < -0.4 is 5.56 Å². The van der Waals surface area contributed by atoms with E-state index in [4.69, 9.17) is 0 Å². The average molecular weight is 485 g/mol. The van der Waals surface area contributed by atoms with E-state index in [0.717, 1.165) is 4.68 Å². The topological polar surface area (TPSA) is 110 Å². The predicted molar refractivity (Wildman–Crippen MR) is 121 cm³/mol. The number of hydrogen-bond donors (Lipinski definition) is 0. The molecule has 1 aliphatic rings. The molecule has 0 spiro atoms. The van der Waals surface area contributed by atoms with Crippen LogP contribution in [-0.2, 0) is 10.0 Å². The summed E-state index contributed by atoms with van der Waals surface area (Å²) in [6.45, 7) is 1.85. The molecule has 0 unspecified atom stereocenters. The van der Waals surface area contributed by atoms with Crippen LogP contribution in [0.1, 0.15) is 27.8 Å². The molecule has 9 nitrogen and oxygen atoms in total. The molecule has 0 saturated carbocycles. The van der Waals surface area contributed by atoms with Gasteiger partial charge in [0.1, 0.15) is 11.5 Å². The normalized spacial score (nSPS) is 14.7. The summed E-state index contributed by atoms with van der Waals surface area (Å²) in [6, 6.07) is 13.4. The number of rotatable bonds is 5. The summed E-state index contributed by atoms with van der Waals surface area (Å²) in [6.07, 6.45) is 0. The molecule has 3 aromatic rings. The van der Waals surface area contributed by atoms with Gasteiger partial charge in [-0.15, -0.1) is 0 Å². The molecule has 1 aliphatic heterocycles. The van der Waals surface area contributed by atoms with Gasteiger partial charge in [-0.2, -0.15) is 14.1 Å². The zero-order valence-corrected chi connectivity index (χ0v) is 19.0. The van der Waals surface area contributed by atoms with Crippen molar-refractivity contribution in [2.45, 2.75) is 11.8 Å². The molecule has 1 fully saturated rings. The Kier molecular flexibility index (Phi) is 6.40. The highest BCUT2D eigenvalue weighted by molar-refractivity contribution is 7.89. The third-order valence-corrected chi connectivity index (χ3v) is 7.43. The molecule has 0 radical (unpaired) electrons. The molecule has 2 aromatic carbocycles. The van der Waals surface area contributed by atoms with Gasteiger partial charge in [-0.05, 0) is 49.4 Å². The van der Waals surface area contributed by atoms with E-state index in [0.29, 0.717) is 11.3 Å². The number of piperazine rings is 1. The fourth-order valence-electron chi connectivity index (χ4n) is 3.60. The molecule has 0 bridgehead atoms. The smallest absolute Gasteiger partial charge is 0.274 e. The summed E-state index contributed by atoms with van der Waals surface area (Å²) in [5.74, 6) is -1.07. The lowest BCUT2D eigenvalue weighted by Crippen LogP contribution is -2.50. The first-order valence-corrected chi connectivity index (χ1v) is 11.9. The van der Waals surface area contributed by atoms with E-state index in [1.165, 1.54) is 76.8 Å². The van der Waals surface area contributed by atoms with Gasteiger partial charge in [-0.25, -0.2) is 12.8 Å². The standard InChI is InChI=1S/C23H21FN4O5S/c1-16(29)17-2-8-20(9-3-17)34(32,33)27-14-12-26(13-15-27)23(31)21-10-11-22(30)28(25-21)19-6-4-18(24)5-7-19/h2-11H,12-15H2,1H3. The molecular weight excluding hydrogens is 463 g/mol. The molecule has 11 heteroatoms. The Hall–Kier alpha value is -3.70. The lowest BCUT2D eigenvalue weighted by molar-refractivity contribution is 0.0689. The van der Waals surface area contributed by atoms with Crippen molar-refractivity contribution in [2.24, 2.45) is 0 Å². The van der Waals surface area contributed by atoms with Crippen molar-refractivity contribution in [3.05, 3.63) is 88.1 Å². The number of carbonyl (C=O) groups excluding carboxylic acids is 2. The zero-order valence-electron chi connectivity index (χ0n) is 18.2. The van der Waals surface area contributed by atoms with E-state index in [2.05, 4.69) is 5.10 Å². The largest absolute Gasteiger partial charge is 0.335 e. The summed E-state index contributed by atoms with van der Waals surface area (Å²) in [7, 11) is -3.78. The van der Waals surface area contributed by atoms with Gasteiger partial charge in [0, 0.05) is 37.8 Å². The second-order valence-corrected chi connectivity index (χ2v) is 9.66.